The molecule has 2 amide bonds. The number of nitrogens with one attached hydrogen (secondary N) is 2. The van der Waals surface area contributed by atoms with Crippen molar-refractivity contribution in [2.75, 3.05) is 0 Å². The summed E-state index contributed by atoms with van der Waals surface area (Å²) in [7, 11) is 0. The Kier molecular flexibility index (Phi) is 16.4. The van der Waals surface area contributed by atoms with Gasteiger partial charge in [0.25, 0.3) is 11.8 Å². The molecule has 3 heterocycles. The molecular formula is C25H26N7O6Zn-. The van der Waals surface area contributed by atoms with Gasteiger partial charge < -0.3 is 25.1 Å². The van der Waals surface area contributed by atoms with Crippen LogP contribution in [0.2, 0.25) is 0 Å². The van der Waals surface area contributed by atoms with Crippen molar-refractivity contribution in [2.45, 2.75) is 33.7 Å². The van der Waals surface area contributed by atoms with E-state index in [1.54, 1.807) is 56.6 Å². The first-order chi connectivity index (χ1) is 18.0. The molecule has 3 rings (SSSR count). The van der Waals surface area contributed by atoms with Crippen molar-refractivity contribution >= 4 is 35.2 Å². The van der Waals surface area contributed by atoms with Crippen LogP contribution in [0.15, 0.2) is 83.2 Å². The van der Waals surface area contributed by atoms with Crippen LogP contribution in [0.25, 0.3) is 5.32 Å². The van der Waals surface area contributed by atoms with Crippen LogP contribution in [0.4, 0.5) is 0 Å². The maximum absolute atomic E-state index is 12.1. The van der Waals surface area contributed by atoms with E-state index in [1.807, 2.05) is 12.2 Å². The fourth-order valence-corrected chi connectivity index (χ4v) is 2.45. The molecule has 0 saturated heterocycles. The molecule has 0 fully saturated rings. The van der Waals surface area contributed by atoms with Crippen LogP contribution >= 0.6 is 0 Å². The number of rotatable bonds is 6. The van der Waals surface area contributed by atoms with E-state index in [0.717, 1.165) is 13.8 Å². The number of carboxylic acids is 2. The van der Waals surface area contributed by atoms with Crippen molar-refractivity contribution in [3.8, 4) is 0 Å². The number of hydrogen-bond acceptors (Lipinski definition) is 10. The molecule has 0 radical (unpaired) electrons. The summed E-state index contributed by atoms with van der Waals surface area (Å²) in [6.45, 7) is 5.45. The van der Waals surface area contributed by atoms with Gasteiger partial charge in [-0.1, -0.05) is 24.3 Å². The van der Waals surface area contributed by atoms with Gasteiger partial charge in [-0.2, -0.15) is 10.2 Å². The molecule has 39 heavy (non-hydrogen) atoms. The molecule has 0 bridgehead atoms. The zero-order valence-electron chi connectivity index (χ0n) is 21.8. The first kappa shape index (κ1) is 34.4. The minimum atomic E-state index is -1.08. The summed E-state index contributed by atoms with van der Waals surface area (Å²) in [5.41, 5.74) is 7.55. The quantitative estimate of drug-likeness (QED) is 0.269. The number of nitrogens with zero attached hydrogens (tertiary/aromatic N) is 5. The van der Waals surface area contributed by atoms with Crippen LogP contribution in [0.5, 0.6) is 0 Å². The average Bonchev–Trinajstić information content (AvgIpc) is 2.90. The SMILES string of the molecule is C/C(=N\NC(=O)c1cccnc1)C1=CC=CC(/C(C)=N/NC(=O)c2cccnc2)[N-]1.CC(=O)[O-].CC(=O)[O-].[Zn+2]. The first-order valence-electron chi connectivity index (χ1n) is 10.9. The molecule has 0 aromatic carbocycles. The Bertz CT molecular complexity index is 1210. The standard InChI is InChI=1S/C21H20N7O2.2C2H4O2.Zn/c1-14(25-27-20(29)16-6-4-10-22-12-16)18-8-3-9-19(24-18)15(2)26-28-21(30)17-7-5-11-23-13-17;2*1-2(3)4;/h3-13,18H,1-2H3,(H,27,29)(H,28,30);2*1H3,(H,3,4);/q-1;;;+2/p-2/b25-14+,26-15+;;;. The Balaban J connectivity index is 0.00000142. The van der Waals surface area contributed by atoms with Crippen LogP contribution in [0.3, 0.4) is 0 Å². The summed E-state index contributed by atoms with van der Waals surface area (Å²) < 4.78 is 0. The van der Waals surface area contributed by atoms with Gasteiger partial charge in [0, 0.05) is 48.1 Å². The van der Waals surface area contributed by atoms with Crippen LogP contribution in [-0.2, 0) is 29.1 Å². The Morgan fingerprint density at radius 1 is 0.846 bits per heavy atom. The molecule has 2 aromatic rings. The van der Waals surface area contributed by atoms with Crippen molar-refractivity contribution in [3.63, 3.8) is 0 Å². The number of aliphatic carboxylic acids is 2. The molecule has 1 unspecified atom stereocenters. The maximum Gasteiger partial charge on any atom is 2.00 e. The third-order valence-corrected chi connectivity index (χ3v) is 4.13. The number of carboxylic acid groups (broad SMARTS) is 2. The molecular weight excluding hydrogens is 560 g/mol. The molecule has 14 heteroatoms. The predicted molar refractivity (Wildman–Crippen MR) is 135 cm³/mol. The average molecular weight is 586 g/mol. The Labute approximate surface area is 238 Å². The largest absolute Gasteiger partial charge is 2.00 e. The van der Waals surface area contributed by atoms with Gasteiger partial charge >= 0.3 is 19.5 Å². The van der Waals surface area contributed by atoms with Gasteiger partial charge in [-0.3, -0.25) is 19.6 Å². The summed E-state index contributed by atoms with van der Waals surface area (Å²) in [6, 6.07) is 6.29. The molecule has 13 nitrogen and oxygen atoms in total. The van der Waals surface area contributed by atoms with Gasteiger partial charge in [-0.05, 0) is 52.0 Å². The Morgan fingerprint density at radius 3 is 1.74 bits per heavy atom. The predicted octanol–water partition coefficient (Wildman–Crippen LogP) is 0.0941. The van der Waals surface area contributed by atoms with Gasteiger partial charge in [0.05, 0.1) is 11.1 Å². The van der Waals surface area contributed by atoms with Gasteiger partial charge in [0.15, 0.2) is 0 Å². The first-order valence-corrected chi connectivity index (χ1v) is 10.9. The van der Waals surface area contributed by atoms with E-state index in [0.29, 0.717) is 28.2 Å². The molecule has 0 spiro atoms. The third kappa shape index (κ3) is 14.7. The summed E-state index contributed by atoms with van der Waals surface area (Å²) in [6.07, 6.45) is 11.6. The minimum absolute atomic E-state index is 0. The smallest absolute Gasteiger partial charge is 0.672 e. The van der Waals surface area contributed by atoms with E-state index in [1.165, 1.54) is 12.4 Å². The van der Waals surface area contributed by atoms with Gasteiger partial charge in [-0.15, -0.1) is 5.70 Å². The zero-order chi connectivity index (χ0) is 28.5. The van der Waals surface area contributed by atoms with Crippen molar-refractivity contribution in [2.24, 2.45) is 10.2 Å². The van der Waals surface area contributed by atoms with E-state index in [4.69, 9.17) is 19.8 Å². The second-order valence-corrected chi connectivity index (χ2v) is 7.31. The molecule has 200 valence electrons. The molecule has 0 aliphatic carbocycles. The maximum atomic E-state index is 12.1. The van der Waals surface area contributed by atoms with Crippen molar-refractivity contribution in [1.82, 2.24) is 20.8 Å². The van der Waals surface area contributed by atoms with Gasteiger partial charge in [-0.25, -0.2) is 10.9 Å². The molecule has 2 aromatic heterocycles. The fraction of sp³-hybridized carbons (Fsp3) is 0.200. The summed E-state index contributed by atoms with van der Waals surface area (Å²) >= 11 is 0. The molecule has 1 aliphatic heterocycles. The van der Waals surface area contributed by atoms with E-state index in [-0.39, 0.29) is 37.3 Å². The number of aromatic nitrogens is 2. The number of hydrazone groups is 2. The zero-order valence-corrected chi connectivity index (χ0v) is 24.8. The van der Waals surface area contributed by atoms with Crippen LogP contribution in [0, 0.1) is 0 Å². The van der Waals surface area contributed by atoms with E-state index in [9.17, 15) is 9.59 Å². The second-order valence-electron chi connectivity index (χ2n) is 7.31. The molecule has 1 atom stereocenters. The monoisotopic (exact) mass is 584 g/mol. The summed E-state index contributed by atoms with van der Waals surface area (Å²) in [5.74, 6) is -2.88. The fourth-order valence-electron chi connectivity index (χ4n) is 2.45. The summed E-state index contributed by atoms with van der Waals surface area (Å²) in [5, 5.41) is 30.6. The topological polar surface area (TPSA) is 203 Å². The summed E-state index contributed by atoms with van der Waals surface area (Å²) in [4.78, 5) is 49.8. The minimum Gasteiger partial charge on any atom is -0.672 e. The Hall–Kier alpha value is -4.58. The van der Waals surface area contributed by atoms with Gasteiger partial charge in [0.2, 0.25) is 0 Å². The third-order valence-electron chi connectivity index (χ3n) is 4.13. The normalized spacial score (nSPS) is 13.8. The van der Waals surface area contributed by atoms with E-state index in [2.05, 4.69) is 36.3 Å². The number of allylic oxidation sites excluding steroid dienone is 3. The van der Waals surface area contributed by atoms with Crippen LogP contribution in [0.1, 0.15) is 48.4 Å². The van der Waals surface area contributed by atoms with Crippen molar-refractivity contribution < 1.29 is 48.9 Å². The van der Waals surface area contributed by atoms with Crippen LogP contribution < -0.4 is 21.1 Å². The number of amides is 2. The number of hydrogen-bond donors (Lipinski definition) is 2. The van der Waals surface area contributed by atoms with Crippen molar-refractivity contribution in [1.29, 1.82) is 0 Å². The number of carbonyl (C=O) groups excluding carboxylic acids is 4. The van der Waals surface area contributed by atoms with E-state index >= 15 is 0 Å². The number of carbonyl (C=O) groups is 4. The van der Waals surface area contributed by atoms with E-state index < -0.39 is 11.9 Å². The second kappa shape index (κ2) is 18.6. The van der Waals surface area contributed by atoms with Crippen LogP contribution in [-0.4, -0.2) is 51.2 Å². The molecule has 1 aliphatic rings. The van der Waals surface area contributed by atoms with Gasteiger partial charge in [0.1, 0.15) is 0 Å². The molecule has 0 saturated carbocycles. The Morgan fingerprint density at radius 2 is 1.31 bits per heavy atom. The molecule has 2 N–H and O–H groups in total. The van der Waals surface area contributed by atoms with Crippen molar-refractivity contribution in [3.05, 3.63) is 89.4 Å². The number of pyridine rings is 2.